The monoisotopic (exact) mass is 271 g/mol. The number of aromatic nitrogens is 1. The van der Waals surface area contributed by atoms with E-state index in [4.69, 9.17) is 4.98 Å². The van der Waals surface area contributed by atoms with Crippen molar-refractivity contribution in [2.45, 2.75) is 71.1 Å². The number of carbonyl (C=O) groups excluding carboxylic acids is 1. The lowest BCUT2D eigenvalue weighted by Gasteiger charge is -2.32. The van der Waals surface area contributed by atoms with Gasteiger partial charge >= 0.3 is 0 Å². The minimum atomic E-state index is -0.166. The van der Waals surface area contributed by atoms with E-state index in [1.807, 2.05) is 0 Å². The van der Waals surface area contributed by atoms with Crippen LogP contribution in [-0.4, -0.2) is 10.8 Å². The molecule has 20 heavy (non-hydrogen) atoms. The zero-order valence-corrected chi connectivity index (χ0v) is 12.7. The Morgan fingerprint density at radius 2 is 2.00 bits per heavy atom. The van der Waals surface area contributed by atoms with Gasteiger partial charge in [-0.05, 0) is 44.2 Å². The van der Waals surface area contributed by atoms with Crippen molar-refractivity contribution in [3.8, 4) is 0 Å². The molecule has 1 fully saturated rings. The minimum Gasteiger partial charge on any atom is -0.293 e. The van der Waals surface area contributed by atoms with Gasteiger partial charge in [0.1, 0.15) is 0 Å². The molecule has 1 heterocycles. The maximum atomic E-state index is 12.6. The third-order valence-corrected chi connectivity index (χ3v) is 5.51. The summed E-state index contributed by atoms with van der Waals surface area (Å²) in [5, 5.41) is 0. The summed E-state index contributed by atoms with van der Waals surface area (Å²) in [6.07, 6.45) is 9.41. The van der Waals surface area contributed by atoms with E-state index in [2.05, 4.69) is 26.0 Å². The zero-order valence-electron chi connectivity index (χ0n) is 12.7. The predicted octanol–water partition coefficient (Wildman–Crippen LogP) is 4.67. The maximum Gasteiger partial charge on any atom is 0.170 e. The summed E-state index contributed by atoms with van der Waals surface area (Å²) in [4.78, 5) is 17.5. The Kier molecular flexibility index (Phi) is 3.66. The quantitative estimate of drug-likeness (QED) is 0.782. The smallest absolute Gasteiger partial charge is 0.170 e. The molecule has 0 N–H and O–H groups in total. The van der Waals surface area contributed by atoms with Crippen molar-refractivity contribution in [2.24, 2.45) is 5.41 Å². The normalized spacial score (nSPS) is 27.4. The van der Waals surface area contributed by atoms with Gasteiger partial charge in [-0.3, -0.25) is 9.78 Å². The number of hydrogen-bond donors (Lipinski definition) is 0. The molecule has 1 aromatic heterocycles. The number of aryl methyl sites for hydroxylation is 1. The molecule has 0 spiro atoms. The Hall–Kier alpha value is -1.18. The second kappa shape index (κ2) is 5.31. The second-order valence-corrected chi connectivity index (χ2v) is 6.81. The first-order valence-corrected chi connectivity index (χ1v) is 8.18. The fourth-order valence-corrected chi connectivity index (χ4v) is 3.71. The molecule has 0 aliphatic heterocycles. The molecule has 1 aromatic rings. The van der Waals surface area contributed by atoms with Gasteiger partial charge in [-0.2, -0.15) is 0 Å². The number of fused-ring (bicyclic) bond motifs is 1. The predicted molar refractivity (Wildman–Crippen MR) is 81.1 cm³/mol. The van der Waals surface area contributed by atoms with E-state index in [0.717, 1.165) is 30.5 Å². The van der Waals surface area contributed by atoms with Gasteiger partial charge in [-0.15, -0.1) is 0 Å². The van der Waals surface area contributed by atoms with Crippen molar-refractivity contribution >= 4 is 5.78 Å². The van der Waals surface area contributed by atoms with Crippen LogP contribution >= 0.6 is 0 Å². The van der Waals surface area contributed by atoms with Crippen molar-refractivity contribution < 1.29 is 4.79 Å². The maximum absolute atomic E-state index is 12.6. The molecule has 0 saturated heterocycles. The molecule has 1 saturated carbocycles. The Balaban J connectivity index is 1.89. The summed E-state index contributed by atoms with van der Waals surface area (Å²) in [6.45, 7) is 4.22. The molecular formula is C18H25NO. The number of hydrogen-bond acceptors (Lipinski definition) is 2. The molecule has 0 radical (unpaired) electrons. The number of pyridine rings is 1. The molecule has 3 rings (SSSR count). The highest BCUT2D eigenvalue weighted by Gasteiger charge is 2.37. The van der Waals surface area contributed by atoms with Gasteiger partial charge in [-0.1, -0.05) is 33.1 Å². The van der Waals surface area contributed by atoms with Gasteiger partial charge in [0.05, 0.1) is 5.69 Å². The Morgan fingerprint density at radius 1 is 1.25 bits per heavy atom. The standard InChI is InChI=1S/C18H25NO/c1-3-18(2)12-11-16-14(17(18)20)9-10-15(19-16)13-7-5-4-6-8-13/h9-10,13H,3-8,11-12H2,1-2H3. The Labute approximate surface area is 122 Å². The van der Waals surface area contributed by atoms with E-state index in [1.54, 1.807) is 0 Å². The fourth-order valence-electron chi connectivity index (χ4n) is 3.71. The number of Topliss-reactive ketones (excluding diaryl/α,β-unsaturated/α-hetero) is 1. The first-order valence-electron chi connectivity index (χ1n) is 8.18. The molecule has 2 aliphatic carbocycles. The third-order valence-electron chi connectivity index (χ3n) is 5.51. The summed E-state index contributed by atoms with van der Waals surface area (Å²) in [6, 6.07) is 4.18. The van der Waals surface area contributed by atoms with Gasteiger partial charge in [0.2, 0.25) is 0 Å². The van der Waals surface area contributed by atoms with Crippen molar-refractivity contribution in [3.05, 3.63) is 29.1 Å². The topological polar surface area (TPSA) is 30.0 Å². The lowest BCUT2D eigenvalue weighted by atomic mass is 9.71. The summed E-state index contributed by atoms with van der Waals surface area (Å²) in [5.74, 6) is 0.938. The third kappa shape index (κ3) is 2.30. The van der Waals surface area contributed by atoms with Crippen LogP contribution in [0.4, 0.5) is 0 Å². The van der Waals surface area contributed by atoms with Crippen LogP contribution in [-0.2, 0) is 6.42 Å². The van der Waals surface area contributed by atoms with Gasteiger partial charge in [0.25, 0.3) is 0 Å². The van der Waals surface area contributed by atoms with Crippen LogP contribution < -0.4 is 0 Å². The number of nitrogens with zero attached hydrogens (tertiary/aromatic N) is 1. The fraction of sp³-hybridized carbons (Fsp3) is 0.667. The van der Waals surface area contributed by atoms with Crippen LogP contribution in [0, 0.1) is 5.41 Å². The average Bonchev–Trinajstić information content (AvgIpc) is 2.52. The second-order valence-electron chi connectivity index (χ2n) is 6.81. The SMILES string of the molecule is CCC1(C)CCc2nc(C3CCCCC3)ccc2C1=O. The van der Waals surface area contributed by atoms with E-state index in [9.17, 15) is 4.79 Å². The summed E-state index contributed by atoms with van der Waals surface area (Å²) in [5.41, 5.74) is 3.02. The van der Waals surface area contributed by atoms with Crippen molar-refractivity contribution in [1.82, 2.24) is 4.98 Å². The molecule has 2 heteroatoms. The largest absolute Gasteiger partial charge is 0.293 e. The molecule has 0 amide bonds. The first kappa shape index (κ1) is 13.8. The molecule has 0 bridgehead atoms. The number of rotatable bonds is 2. The molecule has 1 atom stereocenters. The molecule has 108 valence electrons. The van der Waals surface area contributed by atoms with Gasteiger partial charge in [0, 0.05) is 22.6 Å². The van der Waals surface area contributed by atoms with E-state index >= 15 is 0 Å². The summed E-state index contributed by atoms with van der Waals surface area (Å²) in [7, 11) is 0. The lowest BCUT2D eigenvalue weighted by molar-refractivity contribution is 0.0776. The van der Waals surface area contributed by atoms with Crippen molar-refractivity contribution in [3.63, 3.8) is 0 Å². The molecule has 1 unspecified atom stereocenters. The van der Waals surface area contributed by atoms with E-state index in [0.29, 0.717) is 11.7 Å². The number of carbonyl (C=O) groups is 1. The summed E-state index contributed by atoms with van der Waals surface area (Å²) >= 11 is 0. The molecule has 2 aliphatic rings. The molecular weight excluding hydrogens is 246 g/mol. The van der Waals surface area contributed by atoms with Gasteiger partial charge in [-0.25, -0.2) is 0 Å². The van der Waals surface area contributed by atoms with Gasteiger partial charge < -0.3 is 0 Å². The van der Waals surface area contributed by atoms with Crippen LogP contribution in [0.2, 0.25) is 0 Å². The number of ketones is 1. The zero-order chi connectivity index (χ0) is 14.2. The Bertz CT molecular complexity index is 516. The molecule has 0 aromatic carbocycles. The highest BCUT2D eigenvalue weighted by Crippen LogP contribution is 2.38. The highest BCUT2D eigenvalue weighted by atomic mass is 16.1. The van der Waals surface area contributed by atoms with Gasteiger partial charge in [0.15, 0.2) is 5.78 Å². The van der Waals surface area contributed by atoms with Crippen LogP contribution in [0.3, 0.4) is 0 Å². The van der Waals surface area contributed by atoms with Crippen LogP contribution in [0.15, 0.2) is 12.1 Å². The van der Waals surface area contributed by atoms with Crippen LogP contribution in [0.5, 0.6) is 0 Å². The van der Waals surface area contributed by atoms with Crippen LogP contribution in [0.1, 0.15) is 86.5 Å². The Morgan fingerprint density at radius 3 is 2.70 bits per heavy atom. The minimum absolute atomic E-state index is 0.166. The molecule has 2 nitrogen and oxygen atoms in total. The highest BCUT2D eigenvalue weighted by molar-refractivity contribution is 6.02. The lowest BCUT2D eigenvalue weighted by Crippen LogP contribution is -2.33. The summed E-state index contributed by atoms with van der Waals surface area (Å²) < 4.78 is 0. The van der Waals surface area contributed by atoms with Crippen molar-refractivity contribution in [1.29, 1.82) is 0 Å². The average molecular weight is 271 g/mol. The van der Waals surface area contributed by atoms with Crippen LogP contribution in [0.25, 0.3) is 0 Å². The van der Waals surface area contributed by atoms with Crippen molar-refractivity contribution in [2.75, 3.05) is 0 Å². The first-order chi connectivity index (χ1) is 9.64. The van der Waals surface area contributed by atoms with E-state index in [1.165, 1.54) is 37.8 Å². The van der Waals surface area contributed by atoms with E-state index < -0.39 is 0 Å². The van der Waals surface area contributed by atoms with E-state index in [-0.39, 0.29) is 5.41 Å².